The Morgan fingerprint density at radius 1 is 1.24 bits per heavy atom. The van der Waals surface area contributed by atoms with E-state index in [2.05, 4.69) is 25.3 Å². The lowest BCUT2D eigenvalue weighted by molar-refractivity contribution is 0.608. The maximum absolute atomic E-state index is 5.79. The van der Waals surface area contributed by atoms with Crippen molar-refractivity contribution in [3.8, 4) is 11.5 Å². The van der Waals surface area contributed by atoms with Crippen LogP contribution in [0.25, 0.3) is 33.7 Å². The predicted octanol–water partition coefficient (Wildman–Crippen LogP) is 2.21. The maximum Gasteiger partial charge on any atom is 0.251 e. The highest BCUT2D eigenvalue weighted by molar-refractivity contribution is 6.03. The number of anilines is 1. The number of nitrogens with one attached hydrogen (secondary N) is 1. The van der Waals surface area contributed by atoms with Crippen molar-refractivity contribution in [3.05, 3.63) is 30.9 Å². The average molecular weight is 280 g/mol. The van der Waals surface area contributed by atoms with Crippen molar-refractivity contribution in [1.82, 2.24) is 24.5 Å². The lowest BCUT2D eigenvalue weighted by Crippen LogP contribution is -1.95. The molecule has 0 aliphatic carbocycles. The summed E-state index contributed by atoms with van der Waals surface area (Å²) in [6, 6.07) is 3.74. The van der Waals surface area contributed by atoms with E-state index in [1.807, 2.05) is 23.7 Å². The van der Waals surface area contributed by atoms with Crippen LogP contribution in [0.2, 0.25) is 0 Å². The Bertz CT molecular complexity index is 940. The molecule has 4 rings (SSSR count). The van der Waals surface area contributed by atoms with Gasteiger partial charge in [0.2, 0.25) is 5.89 Å². The molecule has 7 heteroatoms. The van der Waals surface area contributed by atoms with Crippen molar-refractivity contribution >= 4 is 28.1 Å². The van der Waals surface area contributed by atoms with Gasteiger partial charge in [-0.25, -0.2) is 9.97 Å². The molecule has 0 aliphatic heterocycles. The van der Waals surface area contributed by atoms with Gasteiger partial charge in [0.1, 0.15) is 11.0 Å². The lowest BCUT2D eigenvalue weighted by Gasteiger charge is -2.00. The minimum Gasteiger partial charge on any atom is -0.417 e. The van der Waals surface area contributed by atoms with Crippen LogP contribution in [0.5, 0.6) is 0 Å². The Balaban J connectivity index is 2.07. The highest BCUT2D eigenvalue weighted by Gasteiger charge is 2.18. The fraction of sp³-hybridized carbons (Fsp3) is 0.143. The zero-order valence-corrected chi connectivity index (χ0v) is 11.5. The summed E-state index contributed by atoms with van der Waals surface area (Å²) in [7, 11) is 3.73. The van der Waals surface area contributed by atoms with Crippen LogP contribution < -0.4 is 5.32 Å². The van der Waals surface area contributed by atoms with E-state index >= 15 is 0 Å². The number of oxazole rings is 1. The van der Waals surface area contributed by atoms with Gasteiger partial charge in [0.05, 0.1) is 11.9 Å². The standard InChI is InChI=1S/C14H12N6O/c1-15-12-9-11(20(2)7-17-9)10-14(19-12)21-13(18-10)8-4-3-5-16-6-8/h3-7H,1-2H3,(H,15,19). The third-order valence-electron chi connectivity index (χ3n) is 3.35. The van der Waals surface area contributed by atoms with Gasteiger partial charge < -0.3 is 14.3 Å². The first-order valence-corrected chi connectivity index (χ1v) is 6.47. The van der Waals surface area contributed by atoms with Crippen molar-refractivity contribution in [2.24, 2.45) is 7.05 Å². The van der Waals surface area contributed by atoms with E-state index in [0.717, 1.165) is 16.6 Å². The van der Waals surface area contributed by atoms with Gasteiger partial charge in [-0.05, 0) is 12.1 Å². The molecular weight excluding hydrogens is 268 g/mol. The fourth-order valence-corrected chi connectivity index (χ4v) is 2.37. The van der Waals surface area contributed by atoms with Gasteiger partial charge in [-0.3, -0.25) is 4.98 Å². The molecule has 0 unspecified atom stereocenters. The second-order valence-electron chi connectivity index (χ2n) is 4.68. The first kappa shape index (κ1) is 11.8. The van der Waals surface area contributed by atoms with Gasteiger partial charge in [0.15, 0.2) is 11.3 Å². The maximum atomic E-state index is 5.79. The number of fused-ring (bicyclic) bond motifs is 3. The Labute approximate surface area is 119 Å². The SMILES string of the molecule is CNc1nc2oc(-c3cccnc3)nc2c2c1ncn2C. The van der Waals surface area contributed by atoms with Crippen LogP contribution in [0.1, 0.15) is 0 Å². The molecule has 7 nitrogen and oxygen atoms in total. The second-order valence-corrected chi connectivity index (χ2v) is 4.68. The van der Waals surface area contributed by atoms with Gasteiger partial charge in [0.25, 0.3) is 5.71 Å². The fourth-order valence-electron chi connectivity index (χ4n) is 2.37. The Hall–Kier alpha value is -2.96. The number of imidazole rings is 1. The van der Waals surface area contributed by atoms with E-state index in [0.29, 0.717) is 22.9 Å². The number of nitrogens with zero attached hydrogens (tertiary/aromatic N) is 5. The first-order valence-electron chi connectivity index (χ1n) is 6.47. The topological polar surface area (TPSA) is 81.7 Å². The molecule has 0 amide bonds. The normalized spacial score (nSPS) is 11.3. The zero-order chi connectivity index (χ0) is 14.4. The summed E-state index contributed by atoms with van der Waals surface area (Å²) < 4.78 is 7.70. The molecule has 0 aromatic carbocycles. The molecule has 4 heterocycles. The average Bonchev–Trinajstić information content (AvgIpc) is 3.11. The summed E-state index contributed by atoms with van der Waals surface area (Å²) in [5.41, 5.74) is 3.66. The zero-order valence-electron chi connectivity index (χ0n) is 11.5. The van der Waals surface area contributed by atoms with Crippen LogP contribution in [0.15, 0.2) is 35.3 Å². The van der Waals surface area contributed by atoms with Gasteiger partial charge >= 0.3 is 0 Å². The van der Waals surface area contributed by atoms with Crippen LogP contribution in [-0.4, -0.2) is 31.6 Å². The Morgan fingerprint density at radius 3 is 2.90 bits per heavy atom. The molecule has 0 spiro atoms. The van der Waals surface area contributed by atoms with E-state index in [-0.39, 0.29) is 0 Å². The Morgan fingerprint density at radius 2 is 2.14 bits per heavy atom. The summed E-state index contributed by atoms with van der Waals surface area (Å²) in [6.07, 6.45) is 5.16. The Kier molecular flexibility index (Phi) is 2.41. The minimum absolute atomic E-state index is 0.481. The van der Waals surface area contributed by atoms with E-state index < -0.39 is 0 Å². The van der Waals surface area contributed by atoms with E-state index in [9.17, 15) is 0 Å². The number of hydrogen-bond donors (Lipinski definition) is 1. The molecule has 0 saturated heterocycles. The van der Waals surface area contributed by atoms with Gasteiger partial charge in [-0.1, -0.05) is 0 Å². The molecular formula is C14H12N6O. The number of aryl methyl sites for hydroxylation is 1. The summed E-state index contributed by atoms with van der Waals surface area (Å²) in [6.45, 7) is 0. The van der Waals surface area contributed by atoms with Crippen LogP contribution in [-0.2, 0) is 7.05 Å². The number of hydrogen-bond acceptors (Lipinski definition) is 6. The van der Waals surface area contributed by atoms with Crippen LogP contribution in [0.3, 0.4) is 0 Å². The van der Waals surface area contributed by atoms with Gasteiger partial charge in [-0.2, -0.15) is 4.98 Å². The van der Waals surface area contributed by atoms with Gasteiger partial charge in [-0.15, -0.1) is 0 Å². The molecule has 4 aromatic heterocycles. The monoisotopic (exact) mass is 280 g/mol. The molecule has 0 aliphatic rings. The molecule has 104 valence electrons. The van der Waals surface area contributed by atoms with Crippen molar-refractivity contribution < 1.29 is 4.42 Å². The predicted molar refractivity (Wildman–Crippen MR) is 78.9 cm³/mol. The van der Waals surface area contributed by atoms with Crippen molar-refractivity contribution in [1.29, 1.82) is 0 Å². The summed E-state index contributed by atoms with van der Waals surface area (Å²) in [5, 5.41) is 3.04. The van der Waals surface area contributed by atoms with Crippen molar-refractivity contribution in [2.75, 3.05) is 12.4 Å². The molecule has 0 saturated carbocycles. The molecule has 0 fully saturated rings. The van der Waals surface area contributed by atoms with Crippen molar-refractivity contribution in [2.45, 2.75) is 0 Å². The second kappa shape index (κ2) is 4.27. The van der Waals surface area contributed by atoms with Crippen LogP contribution in [0.4, 0.5) is 5.82 Å². The van der Waals surface area contributed by atoms with Crippen LogP contribution in [0, 0.1) is 0 Å². The molecule has 0 radical (unpaired) electrons. The lowest BCUT2D eigenvalue weighted by atomic mass is 10.3. The third-order valence-corrected chi connectivity index (χ3v) is 3.35. The number of pyridine rings is 2. The number of rotatable bonds is 2. The summed E-state index contributed by atoms with van der Waals surface area (Å²) in [5.74, 6) is 1.17. The minimum atomic E-state index is 0.481. The number of aromatic nitrogens is 5. The summed E-state index contributed by atoms with van der Waals surface area (Å²) in [4.78, 5) is 17.5. The molecule has 0 atom stereocenters. The molecule has 4 aromatic rings. The van der Waals surface area contributed by atoms with E-state index in [1.54, 1.807) is 25.8 Å². The van der Waals surface area contributed by atoms with E-state index in [1.165, 1.54) is 0 Å². The molecule has 0 bridgehead atoms. The smallest absolute Gasteiger partial charge is 0.251 e. The summed E-state index contributed by atoms with van der Waals surface area (Å²) >= 11 is 0. The highest BCUT2D eigenvalue weighted by Crippen LogP contribution is 2.30. The van der Waals surface area contributed by atoms with Gasteiger partial charge in [0, 0.05) is 26.5 Å². The molecule has 1 N–H and O–H groups in total. The first-order chi connectivity index (χ1) is 10.3. The third kappa shape index (κ3) is 1.67. The highest BCUT2D eigenvalue weighted by atomic mass is 16.4. The van der Waals surface area contributed by atoms with Crippen LogP contribution >= 0.6 is 0 Å². The quantitative estimate of drug-likeness (QED) is 0.606. The largest absolute Gasteiger partial charge is 0.417 e. The van der Waals surface area contributed by atoms with Crippen molar-refractivity contribution in [3.63, 3.8) is 0 Å². The molecule has 21 heavy (non-hydrogen) atoms. The van der Waals surface area contributed by atoms with E-state index in [4.69, 9.17) is 4.42 Å².